The van der Waals surface area contributed by atoms with Crippen LogP contribution < -0.4 is 5.32 Å². The lowest BCUT2D eigenvalue weighted by Gasteiger charge is -2.29. The Kier molecular flexibility index (Phi) is 7.41. The quantitative estimate of drug-likeness (QED) is 0.521. The molecule has 0 amide bonds. The summed E-state index contributed by atoms with van der Waals surface area (Å²) in [5.41, 5.74) is 0.122. The van der Waals surface area contributed by atoms with Gasteiger partial charge in [0.2, 0.25) is 10.0 Å². The summed E-state index contributed by atoms with van der Waals surface area (Å²) in [7, 11) is 0.213. The van der Waals surface area contributed by atoms with Gasteiger partial charge in [-0.3, -0.25) is 10.1 Å². The summed E-state index contributed by atoms with van der Waals surface area (Å²) in [4.78, 5) is 13.1. The van der Waals surface area contributed by atoms with E-state index >= 15 is 0 Å². The Morgan fingerprint density at radius 1 is 1.29 bits per heavy atom. The van der Waals surface area contributed by atoms with E-state index in [0.29, 0.717) is 37.2 Å². The van der Waals surface area contributed by atoms with E-state index in [-0.39, 0.29) is 16.6 Å². The van der Waals surface area contributed by atoms with Crippen molar-refractivity contribution in [3.8, 4) is 0 Å². The third-order valence-electron chi connectivity index (χ3n) is 5.48. The summed E-state index contributed by atoms with van der Waals surface area (Å²) in [6.45, 7) is 7.73. The highest BCUT2D eigenvalue weighted by atomic mass is 32.2. The van der Waals surface area contributed by atoms with E-state index in [2.05, 4.69) is 31.0 Å². The number of piperidine rings is 1. The highest BCUT2D eigenvalue weighted by Gasteiger charge is 2.30. The fraction of sp³-hybridized carbons (Fsp3) is 0.684. The van der Waals surface area contributed by atoms with Crippen LogP contribution in [-0.2, 0) is 10.0 Å². The van der Waals surface area contributed by atoms with E-state index in [1.807, 2.05) is 14.1 Å². The summed E-state index contributed by atoms with van der Waals surface area (Å²) < 4.78 is 27.2. The number of likely N-dealkylation sites (N-methyl/N-ethyl adjacent to an activating group) is 1. The molecule has 158 valence electrons. The Morgan fingerprint density at radius 3 is 2.39 bits per heavy atom. The van der Waals surface area contributed by atoms with Crippen molar-refractivity contribution >= 4 is 21.4 Å². The smallest absolute Gasteiger partial charge is 0.293 e. The molecule has 1 unspecified atom stereocenters. The second-order valence-corrected chi connectivity index (χ2v) is 10.1. The second-order valence-electron chi connectivity index (χ2n) is 8.18. The molecule has 1 aromatic rings. The predicted molar refractivity (Wildman–Crippen MR) is 111 cm³/mol. The molecule has 1 aliphatic rings. The van der Waals surface area contributed by atoms with Crippen LogP contribution in [0.5, 0.6) is 0 Å². The number of sulfonamides is 1. The fourth-order valence-electron chi connectivity index (χ4n) is 3.58. The molecule has 0 bridgehead atoms. The minimum atomic E-state index is -3.72. The lowest BCUT2D eigenvalue weighted by Crippen LogP contribution is -2.39. The zero-order valence-electron chi connectivity index (χ0n) is 17.4. The van der Waals surface area contributed by atoms with E-state index < -0.39 is 14.9 Å². The van der Waals surface area contributed by atoms with Crippen molar-refractivity contribution in [2.45, 2.75) is 44.6 Å². The monoisotopic (exact) mass is 412 g/mol. The van der Waals surface area contributed by atoms with Crippen LogP contribution in [0, 0.1) is 22.0 Å². The molecule has 1 N–H and O–H groups in total. The molecule has 0 aromatic heterocycles. The SMILES string of the molecule is CC1CCN(S(=O)(=O)c2ccc(NCC(C(C)C)N(C)C)c([N+](=O)[O-])c2)CC1. The Morgan fingerprint density at radius 2 is 1.89 bits per heavy atom. The van der Waals surface area contributed by atoms with E-state index in [1.165, 1.54) is 22.5 Å². The molecule has 8 nitrogen and oxygen atoms in total. The largest absolute Gasteiger partial charge is 0.378 e. The van der Waals surface area contributed by atoms with Crippen molar-refractivity contribution in [3.05, 3.63) is 28.3 Å². The molecule has 1 aliphatic heterocycles. The molecule has 28 heavy (non-hydrogen) atoms. The lowest BCUT2D eigenvalue weighted by molar-refractivity contribution is -0.384. The molecule has 1 heterocycles. The van der Waals surface area contributed by atoms with Crippen molar-refractivity contribution in [1.82, 2.24) is 9.21 Å². The van der Waals surface area contributed by atoms with Crippen LogP contribution in [-0.4, -0.2) is 62.3 Å². The van der Waals surface area contributed by atoms with Gasteiger partial charge in [0.1, 0.15) is 5.69 Å². The summed E-state index contributed by atoms with van der Waals surface area (Å²) in [6, 6.07) is 4.33. The molecule has 1 atom stereocenters. The first kappa shape index (κ1) is 22.6. The fourth-order valence-corrected chi connectivity index (χ4v) is 5.07. The zero-order chi connectivity index (χ0) is 21.1. The van der Waals surface area contributed by atoms with Crippen LogP contribution in [0.15, 0.2) is 23.1 Å². The van der Waals surface area contributed by atoms with Gasteiger partial charge in [-0.15, -0.1) is 0 Å². The number of nitrogens with one attached hydrogen (secondary N) is 1. The summed E-state index contributed by atoms with van der Waals surface area (Å²) in [6.07, 6.45) is 1.62. The third kappa shape index (κ3) is 5.21. The van der Waals surface area contributed by atoms with Gasteiger partial charge in [0, 0.05) is 31.7 Å². The lowest BCUT2D eigenvalue weighted by atomic mass is 10.0. The molecule has 9 heteroatoms. The first-order valence-electron chi connectivity index (χ1n) is 9.73. The maximum atomic E-state index is 12.9. The van der Waals surface area contributed by atoms with E-state index in [0.717, 1.165) is 12.8 Å². The molecule has 1 fully saturated rings. The number of rotatable bonds is 8. The van der Waals surface area contributed by atoms with Crippen LogP contribution in [0.25, 0.3) is 0 Å². The minimum absolute atomic E-state index is 0.0210. The van der Waals surface area contributed by atoms with Gasteiger partial charge in [0.15, 0.2) is 0 Å². The molecule has 1 saturated heterocycles. The molecule has 0 saturated carbocycles. The second kappa shape index (κ2) is 9.19. The van der Waals surface area contributed by atoms with Gasteiger partial charge in [-0.05, 0) is 50.9 Å². The summed E-state index contributed by atoms with van der Waals surface area (Å²) in [5, 5.41) is 14.7. The molecule has 0 aliphatic carbocycles. The van der Waals surface area contributed by atoms with Gasteiger partial charge in [-0.1, -0.05) is 20.8 Å². The topological polar surface area (TPSA) is 95.8 Å². The summed E-state index contributed by atoms with van der Waals surface area (Å²) in [5.74, 6) is 0.862. The van der Waals surface area contributed by atoms with Gasteiger partial charge < -0.3 is 10.2 Å². The predicted octanol–water partition coefficient (Wildman–Crippen LogP) is 3.01. The van der Waals surface area contributed by atoms with Crippen LogP contribution in [0.3, 0.4) is 0 Å². The Labute approximate surface area is 168 Å². The van der Waals surface area contributed by atoms with Gasteiger partial charge in [-0.2, -0.15) is 4.31 Å². The van der Waals surface area contributed by atoms with E-state index in [1.54, 1.807) is 0 Å². The van der Waals surface area contributed by atoms with Gasteiger partial charge >= 0.3 is 0 Å². The number of hydrogen-bond acceptors (Lipinski definition) is 6. The number of nitrogens with zero attached hydrogens (tertiary/aromatic N) is 3. The number of anilines is 1. The van der Waals surface area contributed by atoms with E-state index in [4.69, 9.17) is 0 Å². The van der Waals surface area contributed by atoms with E-state index in [9.17, 15) is 18.5 Å². The number of benzene rings is 1. The van der Waals surface area contributed by atoms with Crippen LogP contribution in [0.1, 0.15) is 33.6 Å². The first-order valence-corrected chi connectivity index (χ1v) is 11.2. The van der Waals surface area contributed by atoms with Gasteiger partial charge in [-0.25, -0.2) is 8.42 Å². The third-order valence-corrected chi connectivity index (χ3v) is 7.38. The highest BCUT2D eigenvalue weighted by molar-refractivity contribution is 7.89. The van der Waals surface area contributed by atoms with Crippen molar-refractivity contribution < 1.29 is 13.3 Å². The molecule has 0 radical (unpaired) electrons. The Hall–Kier alpha value is -1.71. The van der Waals surface area contributed by atoms with Gasteiger partial charge in [0.05, 0.1) is 9.82 Å². The van der Waals surface area contributed by atoms with Crippen molar-refractivity contribution in [2.24, 2.45) is 11.8 Å². The average molecular weight is 413 g/mol. The highest BCUT2D eigenvalue weighted by Crippen LogP contribution is 2.30. The Bertz CT molecular complexity index is 779. The number of hydrogen-bond donors (Lipinski definition) is 1. The molecule has 2 rings (SSSR count). The molecular formula is C19H32N4O4S. The molecule has 0 spiro atoms. The number of nitro groups is 1. The molecular weight excluding hydrogens is 380 g/mol. The molecule has 1 aromatic carbocycles. The summed E-state index contributed by atoms with van der Waals surface area (Å²) >= 11 is 0. The first-order chi connectivity index (χ1) is 13.0. The van der Waals surface area contributed by atoms with Crippen molar-refractivity contribution in [2.75, 3.05) is 39.0 Å². The van der Waals surface area contributed by atoms with Gasteiger partial charge in [0.25, 0.3) is 5.69 Å². The zero-order valence-corrected chi connectivity index (χ0v) is 18.2. The minimum Gasteiger partial charge on any atom is -0.378 e. The standard InChI is InChI=1S/C19H32N4O4S/c1-14(2)19(21(4)5)13-20-17-7-6-16(12-18(17)23(24)25)28(26,27)22-10-8-15(3)9-11-22/h6-7,12,14-15,19-20H,8-11,13H2,1-5H3. The average Bonchev–Trinajstić information content (AvgIpc) is 2.61. The van der Waals surface area contributed by atoms with Crippen LogP contribution >= 0.6 is 0 Å². The maximum absolute atomic E-state index is 12.9. The Balaban J connectivity index is 2.26. The van der Waals surface area contributed by atoms with Crippen LogP contribution in [0.4, 0.5) is 11.4 Å². The van der Waals surface area contributed by atoms with Crippen molar-refractivity contribution in [1.29, 1.82) is 0 Å². The normalized spacial score (nSPS) is 17.8. The van der Waals surface area contributed by atoms with Crippen molar-refractivity contribution in [3.63, 3.8) is 0 Å². The number of nitro benzene ring substituents is 1. The maximum Gasteiger partial charge on any atom is 0.293 e. The van der Waals surface area contributed by atoms with Crippen LogP contribution in [0.2, 0.25) is 0 Å².